The first kappa shape index (κ1) is 9.48. The fourth-order valence-electron chi connectivity index (χ4n) is 0.981. The molecule has 0 amide bonds. The van der Waals surface area contributed by atoms with Gasteiger partial charge in [-0.05, 0) is 28.4 Å². The molecule has 0 radical (unpaired) electrons. The maximum Gasteiger partial charge on any atom is 0.332 e. The van der Waals surface area contributed by atoms with Crippen LogP contribution in [0.15, 0.2) is 33.3 Å². The van der Waals surface area contributed by atoms with Crippen LogP contribution in [0.3, 0.4) is 0 Å². The molecule has 1 aromatic heterocycles. The molecular formula is C8H4BrClN2O2. The number of aromatic nitrogens is 2. The molecule has 4 nitrogen and oxygen atoms in total. The molecule has 72 valence electrons. The second kappa shape index (κ2) is 3.59. The summed E-state index contributed by atoms with van der Waals surface area (Å²) >= 11 is 8.96. The Bertz CT molecular complexity index is 455. The smallest absolute Gasteiger partial charge is 0.332 e. The van der Waals surface area contributed by atoms with Crippen LogP contribution >= 0.6 is 27.5 Å². The Morgan fingerprint density at radius 1 is 1.36 bits per heavy atom. The molecule has 0 atom stereocenters. The van der Waals surface area contributed by atoms with Crippen LogP contribution in [0.25, 0.3) is 5.69 Å². The average molecular weight is 275 g/mol. The number of hydrogen-bond acceptors (Lipinski definition) is 3. The van der Waals surface area contributed by atoms with E-state index in [0.717, 1.165) is 4.47 Å². The van der Waals surface area contributed by atoms with Crippen LogP contribution in [0.1, 0.15) is 0 Å². The predicted molar refractivity (Wildman–Crippen MR) is 50.2 cm³/mol. The molecule has 0 aliphatic carbocycles. The van der Waals surface area contributed by atoms with E-state index in [0.29, 0.717) is 5.69 Å². The van der Waals surface area contributed by atoms with Gasteiger partial charge >= 0.3 is 5.15 Å². The van der Waals surface area contributed by atoms with Crippen LogP contribution < -0.4 is 9.79 Å². The van der Waals surface area contributed by atoms with Gasteiger partial charge in [-0.25, -0.2) is 0 Å². The van der Waals surface area contributed by atoms with Crippen molar-refractivity contribution in [1.82, 2.24) is 5.27 Å². The van der Waals surface area contributed by atoms with Crippen LogP contribution in [-0.2, 0) is 0 Å². The zero-order valence-corrected chi connectivity index (χ0v) is 9.12. The van der Waals surface area contributed by atoms with Crippen molar-refractivity contribution in [3.8, 4) is 11.6 Å². The average Bonchev–Trinajstić information content (AvgIpc) is 2.50. The molecule has 0 saturated heterocycles. The first-order valence-corrected chi connectivity index (χ1v) is 4.86. The number of halogens is 2. The Morgan fingerprint density at radius 2 is 2.00 bits per heavy atom. The summed E-state index contributed by atoms with van der Waals surface area (Å²) in [7, 11) is 0. The van der Waals surface area contributed by atoms with Gasteiger partial charge in [-0.2, -0.15) is 0 Å². The molecule has 14 heavy (non-hydrogen) atoms. The molecule has 0 N–H and O–H groups in total. The van der Waals surface area contributed by atoms with Gasteiger partial charge in [-0.15, -0.1) is 0 Å². The highest BCUT2D eigenvalue weighted by Gasteiger charge is 2.17. The van der Waals surface area contributed by atoms with Crippen molar-refractivity contribution in [3.63, 3.8) is 0 Å². The third-order valence-electron chi connectivity index (χ3n) is 1.63. The summed E-state index contributed by atoms with van der Waals surface area (Å²) in [6, 6.07) is 7.16. The lowest BCUT2D eigenvalue weighted by atomic mass is 10.3. The van der Waals surface area contributed by atoms with Crippen LogP contribution in [0.4, 0.5) is 0 Å². The largest absolute Gasteiger partial charge is 0.538 e. The van der Waals surface area contributed by atoms with Crippen LogP contribution in [0.5, 0.6) is 5.95 Å². The summed E-state index contributed by atoms with van der Waals surface area (Å²) in [5, 5.41) is 14.3. The van der Waals surface area contributed by atoms with Gasteiger partial charge in [0, 0.05) is 16.6 Å². The van der Waals surface area contributed by atoms with E-state index >= 15 is 0 Å². The summed E-state index contributed by atoms with van der Waals surface area (Å²) < 4.78 is 6.56. The van der Waals surface area contributed by atoms with Crippen LogP contribution in [0, 0.1) is 0 Å². The van der Waals surface area contributed by atoms with Crippen molar-refractivity contribution in [2.45, 2.75) is 0 Å². The van der Waals surface area contributed by atoms with Gasteiger partial charge in [0.25, 0.3) is 0 Å². The molecule has 0 spiro atoms. The first-order valence-electron chi connectivity index (χ1n) is 3.69. The second-order valence-corrected chi connectivity index (χ2v) is 3.81. The Kier molecular flexibility index (Phi) is 2.43. The highest BCUT2D eigenvalue weighted by atomic mass is 79.9. The summed E-state index contributed by atoms with van der Waals surface area (Å²) in [5.41, 5.74) is 0.670. The second-order valence-electron chi connectivity index (χ2n) is 2.54. The fourth-order valence-corrected chi connectivity index (χ4v) is 1.41. The highest BCUT2D eigenvalue weighted by Crippen LogP contribution is 2.16. The van der Waals surface area contributed by atoms with Gasteiger partial charge in [-0.1, -0.05) is 15.9 Å². The van der Waals surface area contributed by atoms with E-state index in [-0.39, 0.29) is 5.15 Å². The van der Waals surface area contributed by atoms with Gasteiger partial charge < -0.3 is 9.63 Å². The molecule has 2 rings (SSSR count). The molecular weight excluding hydrogens is 271 g/mol. The molecule has 0 aliphatic heterocycles. The van der Waals surface area contributed by atoms with Crippen molar-refractivity contribution >= 4 is 27.5 Å². The third kappa shape index (κ3) is 1.60. The summed E-state index contributed by atoms with van der Waals surface area (Å²) in [4.78, 5) is 0. The summed E-state index contributed by atoms with van der Waals surface area (Å²) in [6.45, 7) is 0. The van der Waals surface area contributed by atoms with E-state index in [9.17, 15) is 5.11 Å². The Labute approximate surface area is 92.8 Å². The molecule has 2 aromatic rings. The van der Waals surface area contributed by atoms with Crippen molar-refractivity contribution < 1.29 is 14.3 Å². The van der Waals surface area contributed by atoms with Crippen LogP contribution in [-0.4, -0.2) is 5.27 Å². The van der Waals surface area contributed by atoms with Gasteiger partial charge in [0.05, 0.1) is 5.27 Å². The van der Waals surface area contributed by atoms with Gasteiger partial charge in [0.15, 0.2) is 5.95 Å². The quantitative estimate of drug-likeness (QED) is 0.740. The molecule has 0 aliphatic rings. The summed E-state index contributed by atoms with van der Waals surface area (Å²) in [5.74, 6) is -0.644. The van der Waals surface area contributed by atoms with Crippen molar-refractivity contribution in [2.24, 2.45) is 0 Å². The Morgan fingerprint density at radius 3 is 2.50 bits per heavy atom. The van der Waals surface area contributed by atoms with E-state index in [1.807, 2.05) is 12.1 Å². The van der Waals surface area contributed by atoms with Crippen molar-refractivity contribution in [1.29, 1.82) is 0 Å². The van der Waals surface area contributed by atoms with Crippen molar-refractivity contribution in [2.75, 3.05) is 0 Å². The minimum absolute atomic E-state index is 0.0627. The zero-order chi connectivity index (χ0) is 10.1. The van der Waals surface area contributed by atoms with Gasteiger partial charge in [-0.3, -0.25) is 0 Å². The molecule has 0 fully saturated rings. The summed E-state index contributed by atoms with van der Waals surface area (Å²) in [6.07, 6.45) is 0. The lowest BCUT2D eigenvalue weighted by molar-refractivity contribution is -0.668. The normalized spacial score (nSPS) is 10.4. The van der Waals surface area contributed by atoms with E-state index in [1.54, 1.807) is 12.1 Å². The maximum atomic E-state index is 10.9. The van der Waals surface area contributed by atoms with Crippen LogP contribution in [0.2, 0.25) is 5.15 Å². The number of nitrogens with zero attached hydrogens (tertiary/aromatic N) is 2. The third-order valence-corrected chi connectivity index (χ3v) is 2.47. The van der Waals surface area contributed by atoms with Gasteiger partial charge in [0.1, 0.15) is 0 Å². The lowest BCUT2D eigenvalue weighted by Crippen LogP contribution is -2.33. The highest BCUT2D eigenvalue weighted by molar-refractivity contribution is 9.10. The minimum Gasteiger partial charge on any atom is -0.538 e. The molecule has 0 unspecified atom stereocenters. The van der Waals surface area contributed by atoms with Crippen molar-refractivity contribution in [3.05, 3.63) is 33.9 Å². The predicted octanol–water partition coefficient (Wildman–Crippen LogP) is 1.44. The molecule has 1 heterocycles. The topological polar surface area (TPSA) is 53.0 Å². The minimum atomic E-state index is -0.644. The Balaban J connectivity index is 2.49. The SMILES string of the molecule is [O-]c1on[n+](-c2ccc(Br)cc2)c1Cl. The lowest BCUT2D eigenvalue weighted by Gasteiger charge is -1.90. The molecule has 0 bridgehead atoms. The van der Waals surface area contributed by atoms with E-state index in [4.69, 9.17) is 11.6 Å². The zero-order valence-electron chi connectivity index (χ0n) is 6.78. The molecule has 1 aromatic carbocycles. The molecule has 0 saturated carbocycles. The standard InChI is InChI=1S/C8H4BrClN2O2/c9-5-1-3-6(4-2-5)12-7(10)8(13)14-11-12/h1-4H. The number of hydrogen-bond donors (Lipinski definition) is 0. The number of benzene rings is 1. The Hall–Kier alpha value is -1.07. The van der Waals surface area contributed by atoms with E-state index in [2.05, 4.69) is 25.7 Å². The molecule has 6 heteroatoms. The first-order chi connectivity index (χ1) is 6.68. The van der Waals surface area contributed by atoms with E-state index in [1.165, 1.54) is 4.68 Å². The fraction of sp³-hybridized carbons (Fsp3) is 0. The monoisotopic (exact) mass is 274 g/mol. The maximum absolute atomic E-state index is 10.9. The van der Waals surface area contributed by atoms with Gasteiger partial charge in [0.2, 0.25) is 5.69 Å². The number of rotatable bonds is 1. The van der Waals surface area contributed by atoms with E-state index < -0.39 is 5.95 Å².